The average Bonchev–Trinajstić information content (AvgIpc) is 3.75. The maximum absolute atomic E-state index is 12.8. The lowest BCUT2D eigenvalue weighted by atomic mass is 10.1. The Kier molecular flexibility index (Phi) is 11.1. The number of fused-ring (bicyclic) bond motifs is 1. The van der Waals surface area contributed by atoms with Crippen molar-refractivity contribution in [2.75, 3.05) is 13.2 Å². The van der Waals surface area contributed by atoms with Gasteiger partial charge in [-0.1, -0.05) is 23.4 Å². The van der Waals surface area contributed by atoms with Crippen molar-refractivity contribution in [3.8, 4) is 17.1 Å². The van der Waals surface area contributed by atoms with Crippen LogP contribution in [0.25, 0.3) is 22.4 Å². The molecule has 4 aromatic rings. The molecule has 2 aromatic carbocycles. The van der Waals surface area contributed by atoms with Crippen LogP contribution < -0.4 is 10.1 Å². The van der Waals surface area contributed by atoms with Crippen molar-refractivity contribution in [2.24, 2.45) is 4.99 Å². The molecule has 2 aromatic heterocycles. The molecule has 1 fully saturated rings. The lowest BCUT2D eigenvalue weighted by Gasteiger charge is -2.28. The van der Waals surface area contributed by atoms with Crippen LogP contribution in [0, 0.1) is 6.92 Å². The van der Waals surface area contributed by atoms with Gasteiger partial charge in [-0.3, -0.25) is 5.32 Å². The van der Waals surface area contributed by atoms with Gasteiger partial charge in [0, 0.05) is 25.1 Å². The largest absolute Gasteiger partial charge is 0.493 e. The first-order valence-corrected chi connectivity index (χ1v) is 17.0. The number of likely N-dealkylation sites (tertiary alicyclic amines) is 1. The Balaban J connectivity index is 1.28. The Labute approximate surface area is 297 Å². The van der Waals surface area contributed by atoms with Crippen LogP contribution in [0.2, 0.25) is 0 Å². The minimum Gasteiger partial charge on any atom is -0.493 e. The minimum atomic E-state index is -0.965. The number of hydrogen-bond acceptors (Lipinski definition) is 10. The number of imidazole rings is 1. The highest BCUT2D eigenvalue weighted by molar-refractivity contribution is 5.99. The van der Waals surface area contributed by atoms with Crippen molar-refractivity contribution in [1.82, 2.24) is 29.9 Å². The number of guanidine groups is 1. The van der Waals surface area contributed by atoms with Crippen LogP contribution in [0.5, 0.6) is 5.75 Å². The van der Waals surface area contributed by atoms with E-state index in [1.54, 1.807) is 41.5 Å². The van der Waals surface area contributed by atoms with Gasteiger partial charge < -0.3 is 33.3 Å². The maximum Gasteiger partial charge on any atom is 0.437 e. The fourth-order valence-corrected chi connectivity index (χ4v) is 5.73. The third kappa shape index (κ3) is 9.51. The number of aromatic nitrogens is 4. The van der Waals surface area contributed by atoms with Crippen molar-refractivity contribution in [1.29, 1.82) is 0 Å². The molecule has 2 atom stereocenters. The Morgan fingerprint density at radius 3 is 2.55 bits per heavy atom. The van der Waals surface area contributed by atoms with Crippen molar-refractivity contribution < 1.29 is 33.4 Å². The molecular weight excluding hydrogens is 654 g/mol. The van der Waals surface area contributed by atoms with E-state index >= 15 is 0 Å². The topological polar surface area (TPSA) is 166 Å². The van der Waals surface area contributed by atoms with Crippen LogP contribution in [0.15, 0.2) is 64.6 Å². The molecule has 14 heteroatoms. The van der Waals surface area contributed by atoms with Crippen molar-refractivity contribution in [3.63, 3.8) is 0 Å². The van der Waals surface area contributed by atoms with Gasteiger partial charge in [0.2, 0.25) is 11.8 Å². The first-order chi connectivity index (χ1) is 24.1. The normalized spacial score (nSPS) is 16.7. The summed E-state index contributed by atoms with van der Waals surface area (Å²) in [4.78, 5) is 40.4. The molecule has 1 aliphatic rings. The van der Waals surface area contributed by atoms with Gasteiger partial charge >= 0.3 is 12.2 Å². The first kappa shape index (κ1) is 37.0. The lowest BCUT2D eigenvalue weighted by molar-refractivity contribution is 0.0546. The predicted molar refractivity (Wildman–Crippen MR) is 191 cm³/mol. The molecule has 0 radical (unpaired) electrons. The molecule has 0 aliphatic carbocycles. The number of aliphatic imine (C=N–C) groups is 1. The number of alkyl carbamates (subject to hydrolysis) is 1. The highest BCUT2D eigenvalue weighted by Crippen LogP contribution is 2.33. The van der Waals surface area contributed by atoms with Gasteiger partial charge in [-0.2, -0.15) is 4.98 Å². The second-order valence-electron chi connectivity index (χ2n) is 14.3. The SMILES string of the molecule is C=CCn1c(CCCOc2ccc(-c3noc([C@@H]4[C@@H](O)CCN4C(=NC(=O)OC(C)(C)C)NC(=O)OC(C)(C)C)n3)cc2C)nc2ccccc21. The van der Waals surface area contributed by atoms with E-state index in [4.69, 9.17) is 23.7 Å². The van der Waals surface area contributed by atoms with Gasteiger partial charge in [-0.25, -0.2) is 14.6 Å². The monoisotopic (exact) mass is 701 g/mol. The average molecular weight is 702 g/mol. The zero-order chi connectivity index (χ0) is 36.9. The first-order valence-electron chi connectivity index (χ1n) is 17.0. The summed E-state index contributed by atoms with van der Waals surface area (Å²) in [6.07, 6.45) is 0.966. The van der Waals surface area contributed by atoms with E-state index in [-0.39, 0.29) is 24.8 Å². The third-order valence-corrected chi connectivity index (χ3v) is 7.82. The summed E-state index contributed by atoms with van der Waals surface area (Å²) >= 11 is 0. The fourth-order valence-electron chi connectivity index (χ4n) is 5.73. The highest BCUT2D eigenvalue weighted by atomic mass is 16.6. The minimum absolute atomic E-state index is 0.0818. The van der Waals surface area contributed by atoms with Crippen LogP contribution in [0.4, 0.5) is 9.59 Å². The molecule has 1 aliphatic heterocycles. The molecule has 51 heavy (non-hydrogen) atoms. The van der Waals surface area contributed by atoms with Gasteiger partial charge in [-0.05, 0) is 97.2 Å². The number of ether oxygens (including phenoxy) is 3. The van der Waals surface area contributed by atoms with E-state index in [9.17, 15) is 14.7 Å². The van der Waals surface area contributed by atoms with E-state index in [1.165, 1.54) is 4.90 Å². The summed E-state index contributed by atoms with van der Waals surface area (Å²) < 4.78 is 24.7. The van der Waals surface area contributed by atoms with Gasteiger partial charge in [0.1, 0.15) is 28.8 Å². The molecule has 0 spiro atoms. The molecule has 3 heterocycles. The summed E-state index contributed by atoms with van der Waals surface area (Å²) in [7, 11) is 0. The molecule has 1 saturated heterocycles. The number of benzene rings is 2. The third-order valence-electron chi connectivity index (χ3n) is 7.82. The highest BCUT2D eigenvalue weighted by Gasteiger charge is 2.41. The van der Waals surface area contributed by atoms with Crippen molar-refractivity contribution in [2.45, 2.75) is 97.6 Å². The van der Waals surface area contributed by atoms with Crippen LogP contribution >= 0.6 is 0 Å². The van der Waals surface area contributed by atoms with Gasteiger partial charge in [0.15, 0.2) is 0 Å². The Morgan fingerprint density at radius 2 is 1.84 bits per heavy atom. The zero-order valence-corrected chi connectivity index (χ0v) is 30.3. The van der Waals surface area contributed by atoms with Crippen LogP contribution in [-0.2, 0) is 22.4 Å². The Hall–Kier alpha value is -5.24. The molecule has 0 saturated carbocycles. The molecule has 0 unspecified atom stereocenters. The standard InChI is InChI=1S/C37H47N7O7/c1-9-19-43-26-14-11-10-13-25(26)38-29(43)15-12-21-48-28-17-16-24(22-23(28)2)31-39-32(51-42-31)30-27(45)18-20-44(30)33(40-34(46)49-36(3,4)5)41-35(47)50-37(6,7)8/h9-11,13-14,16-17,22,27,30,45H,1,12,15,18-21H2,2-8H3,(H,40,41,46,47)/t27-,30-/m0/s1. The van der Waals surface area contributed by atoms with Crippen LogP contribution in [0.1, 0.15) is 77.7 Å². The number of hydrogen-bond donors (Lipinski definition) is 2. The van der Waals surface area contributed by atoms with Crippen LogP contribution in [0.3, 0.4) is 0 Å². The van der Waals surface area contributed by atoms with Crippen LogP contribution in [-0.4, -0.2) is 78.3 Å². The van der Waals surface area contributed by atoms with E-state index in [1.807, 2.05) is 49.4 Å². The summed E-state index contributed by atoms with van der Waals surface area (Å²) in [5, 5.41) is 17.7. The van der Waals surface area contributed by atoms with E-state index in [2.05, 4.69) is 37.7 Å². The number of allylic oxidation sites excluding steroid dienone is 1. The summed E-state index contributed by atoms with van der Waals surface area (Å²) in [6, 6.07) is 12.8. The molecule has 2 N–H and O–H groups in total. The number of amides is 2. The lowest BCUT2D eigenvalue weighted by Crippen LogP contribution is -2.47. The summed E-state index contributed by atoms with van der Waals surface area (Å²) in [5.41, 5.74) is 1.98. The van der Waals surface area contributed by atoms with Gasteiger partial charge in [0.05, 0.1) is 23.7 Å². The second kappa shape index (κ2) is 15.3. The van der Waals surface area contributed by atoms with E-state index < -0.39 is 35.5 Å². The quantitative estimate of drug-likeness (QED) is 0.0845. The number of para-hydroxylation sites is 2. The second-order valence-corrected chi connectivity index (χ2v) is 14.3. The number of nitrogens with zero attached hydrogens (tertiary/aromatic N) is 6. The molecule has 0 bridgehead atoms. The number of aliphatic hydroxyl groups is 1. The number of rotatable bonds is 9. The smallest absolute Gasteiger partial charge is 0.437 e. The number of nitrogens with one attached hydrogen (secondary N) is 1. The molecule has 5 rings (SSSR count). The summed E-state index contributed by atoms with van der Waals surface area (Å²) in [5.74, 6) is 1.93. The van der Waals surface area contributed by atoms with Gasteiger partial charge in [-0.15, -0.1) is 11.6 Å². The van der Waals surface area contributed by atoms with Gasteiger partial charge in [0.25, 0.3) is 5.89 Å². The molecule has 272 valence electrons. The van der Waals surface area contributed by atoms with Crippen molar-refractivity contribution >= 4 is 29.2 Å². The Bertz CT molecular complexity index is 1900. The zero-order valence-electron chi connectivity index (χ0n) is 30.3. The van der Waals surface area contributed by atoms with Crippen molar-refractivity contribution in [3.05, 3.63) is 72.4 Å². The number of aryl methyl sites for hydroxylation is 2. The summed E-state index contributed by atoms with van der Waals surface area (Å²) in [6.45, 7) is 17.5. The molecule has 14 nitrogen and oxygen atoms in total. The molecular formula is C37H47N7O7. The maximum atomic E-state index is 12.8. The Morgan fingerprint density at radius 1 is 1.10 bits per heavy atom. The number of carbonyl (C=O) groups is 2. The number of carbonyl (C=O) groups excluding carboxylic acids is 2. The number of aliphatic hydroxyl groups excluding tert-OH is 1. The predicted octanol–water partition coefficient (Wildman–Crippen LogP) is 6.52. The van der Waals surface area contributed by atoms with E-state index in [0.29, 0.717) is 24.5 Å². The van der Waals surface area contributed by atoms with E-state index in [0.717, 1.165) is 41.0 Å². The molecule has 2 amide bonds. The fraction of sp³-hybridized carbons (Fsp3) is 0.459.